The average molecular weight is 652 g/mol. The third-order valence-corrected chi connectivity index (χ3v) is 7.34. The molecule has 4 unspecified atom stereocenters. The van der Waals surface area contributed by atoms with Crippen LogP contribution in [0.25, 0.3) is 0 Å². The molecule has 0 bridgehead atoms. The number of ether oxygens (including phenoxy) is 5. The second-order valence-electron chi connectivity index (χ2n) is 10.4. The van der Waals surface area contributed by atoms with Crippen LogP contribution in [-0.2, 0) is 33.4 Å². The maximum absolute atomic E-state index is 12.9. The average Bonchev–Trinajstić information content (AvgIpc) is 3.53. The minimum atomic E-state index is -1.98. The number of carboxylic acids is 4. The van der Waals surface area contributed by atoms with Crippen molar-refractivity contribution < 1.29 is 68.1 Å². The van der Waals surface area contributed by atoms with E-state index in [1.54, 1.807) is 31.2 Å². The highest BCUT2D eigenvalue weighted by atomic mass is 35.5. The van der Waals surface area contributed by atoms with Gasteiger partial charge in [0.05, 0.1) is 25.5 Å². The van der Waals surface area contributed by atoms with Crippen LogP contribution in [0.2, 0.25) is 5.02 Å². The van der Waals surface area contributed by atoms with E-state index in [1.165, 1.54) is 23.1 Å². The smallest absolute Gasteiger partial charge is 0.410 e. The van der Waals surface area contributed by atoms with Crippen LogP contribution in [0.4, 0.5) is 4.79 Å². The Balaban J connectivity index is 1.65. The summed E-state index contributed by atoms with van der Waals surface area (Å²) in [5, 5.41) is 37.7. The van der Waals surface area contributed by atoms with Crippen molar-refractivity contribution in [2.75, 3.05) is 19.8 Å². The van der Waals surface area contributed by atoms with Crippen LogP contribution in [-0.4, -0.2) is 93.0 Å². The zero-order chi connectivity index (χ0) is 32.9. The monoisotopic (exact) mass is 651 g/mol. The molecule has 5 atom stereocenters. The lowest BCUT2D eigenvalue weighted by molar-refractivity contribution is -0.201. The fourth-order valence-electron chi connectivity index (χ4n) is 5.15. The van der Waals surface area contributed by atoms with Gasteiger partial charge in [0.15, 0.2) is 11.5 Å². The molecule has 1 amide bonds. The van der Waals surface area contributed by atoms with Gasteiger partial charge in [-0.3, -0.25) is 9.59 Å². The summed E-state index contributed by atoms with van der Waals surface area (Å²) in [5.41, 5.74) is 0.877. The molecule has 1 fully saturated rings. The maximum atomic E-state index is 12.9. The summed E-state index contributed by atoms with van der Waals surface area (Å²) in [5.74, 6) is -7.21. The number of rotatable bonds is 16. The SMILES string of the molecule is CC(C[C@@]1(C(CC(=O)O)OCC(=O)O)Oc2ccc(C(CC(=O)O)OCC(=O)O)cc2O1)N1CC(c2cccc(Cl)c2)OC1=O. The standard InChI is InChI=1S/C29H30ClNO14/c1-15(31-12-22(43-28(31)40)16-3-2-4-18(30)7-16)11-29(23(10-25(34)35)42-14-27(38)39)44-19-6-5-17(8-21(19)45-29)20(9-24(32)33)41-13-26(36)37/h2-8,15,20,22-23H,9-14H2,1H3,(H,32,33)(H,34,35)(H,36,37)(H,38,39)/t15?,20?,22?,23?,29-/m1/s1. The summed E-state index contributed by atoms with van der Waals surface area (Å²) < 4.78 is 28.6. The number of nitrogens with zero attached hydrogens (tertiary/aromatic N) is 1. The first-order valence-electron chi connectivity index (χ1n) is 13.6. The number of carbonyl (C=O) groups is 5. The summed E-state index contributed by atoms with van der Waals surface area (Å²) in [6.07, 6.45) is -5.58. The molecule has 4 N–H and O–H groups in total. The minimum absolute atomic E-state index is 0.00382. The topological polar surface area (TPSA) is 216 Å². The number of fused-ring (bicyclic) bond motifs is 1. The van der Waals surface area contributed by atoms with Gasteiger partial charge in [0.1, 0.15) is 25.4 Å². The molecule has 1 saturated heterocycles. The Bertz CT molecular complexity index is 1470. The highest BCUT2D eigenvalue weighted by molar-refractivity contribution is 6.30. The lowest BCUT2D eigenvalue weighted by Gasteiger charge is -2.37. The molecule has 0 spiro atoms. The van der Waals surface area contributed by atoms with Crippen molar-refractivity contribution in [3.8, 4) is 11.5 Å². The zero-order valence-corrected chi connectivity index (χ0v) is 24.5. The summed E-state index contributed by atoms with van der Waals surface area (Å²) >= 11 is 6.10. The van der Waals surface area contributed by atoms with Gasteiger partial charge in [-0.05, 0) is 42.3 Å². The van der Waals surface area contributed by atoms with Crippen molar-refractivity contribution in [1.29, 1.82) is 0 Å². The third kappa shape index (κ3) is 8.32. The Kier molecular flexibility index (Phi) is 10.4. The first-order chi connectivity index (χ1) is 21.3. The Morgan fingerprint density at radius 1 is 0.933 bits per heavy atom. The third-order valence-electron chi connectivity index (χ3n) is 7.10. The van der Waals surface area contributed by atoms with Gasteiger partial charge in [-0.1, -0.05) is 29.8 Å². The lowest BCUT2D eigenvalue weighted by atomic mass is 9.97. The van der Waals surface area contributed by atoms with Crippen LogP contribution in [0.15, 0.2) is 42.5 Å². The number of carboxylic acid groups (broad SMARTS) is 4. The van der Waals surface area contributed by atoms with E-state index in [2.05, 4.69) is 0 Å². The van der Waals surface area contributed by atoms with Crippen LogP contribution in [0.5, 0.6) is 11.5 Å². The summed E-state index contributed by atoms with van der Waals surface area (Å²) in [6, 6.07) is 10.2. The van der Waals surface area contributed by atoms with E-state index in [4.69, 9.17) is 40.4 Å². The molecule has 2 heterocycles. The molecular weight excluding hydrogens is 622 g/mol. The molecule has 0 saturated carbocycles. The number of hydrogen-bond acceptors (Lipinski definition) is 10. The van der Waals surface area contributed by atoms with E-state index in [-0.39, 0.29) is 30.0 Å². The summed E-state index contributed by atoms with van der Waals surface area (Å²) in [4.78, 5) is 60.1. The molecule has 0 aliphatic carbocycles. The van der Waals surface area contributed by atoms with Crippen LogP contribution in [0.3, 0.4) is 0 Å². The molecule has 16 heteroatoms. The number of hydrogen-bond donors (Lipinski definition) is 4. The number of amides is 1. The van der Waals surface area contributed by atoms with E-state index < -0.39 is 86.2 Å². The van der Waals surface area contributed by atoms with Gasteiger partial charge in [-0.2, -0.15) is 0 Å². The molecule has 4 rings (SSSR count). The molecule has 2 aliphatic rings. The predicted octanol–water partition coefficient (Wildman–Crippen LogP) is 3.34. The van der Waals surface area contributed by atoms with Gasteiger partial charge in [-0.25, -0.2) is 14.4 Å². The van der Waals surface area contributed by atoms with Gasteiger partial charge in [0.2, 0.25) is 0 Å². The summed E-state index contributed by atoms with van der Waals surface area (Å²) in [7, 11) is 0. The highest BCUT2D eigenvalue weighted by Gasteiger charge is 2.53. The molecule has 45 heavy (non-hydrogen) atoms. The normalized spacial score (nSPS) is 20.7. The van der Waals surface area contributed by atoms with Crippen molar-refractivity contribution in [2.45, 2.75) is 56.3 Å². The van der Waals surface area contributed by atoms with Crippen LogP contribution >= 0.6 is 11.6 Å². The van der Waals surface area contributed by atoms with Gasteiger partial charge in [-0.15, -0.1) is 0 Å². The zero-order valence-electron chi connectivity index (χ0n) is 23.8. The number of aliphatic carboxylic acids is 4. The summed E-state index contributed by atoms with van der Waals surface area (Å²) in [6.45, 7) is 0.0708. The Morgan fingerprint density at radius 2 is 1.60 bits per heavy atom. The van der Waals surface area contributed by atoms with E-state index >= 15 is 0 Å². The number of carbonyl (C=O) groups excluding carboxylic acids is 1. The molecule has 242 valence electrons. The largest absolute Gasteiger partial charge is 0.481 e. The van der Waals surface area contributed by atoms with E-state index in [9.17, 15) is 39.3 Å². The molecular formula is C29H30ClNO14. The molecule has 15 nitrogen and oxygen atoms in total. The molecule has 0 radical (unpaired) electrons. The minimum Gasteiger partial charge on any atom is -0.481 e. The second-order valence-corrected chi connectivity index (χ2v) is 10.9. The molecule has 2 aromatic carbocycles. The van der Waals surface area contributed by atoms with Crippen LogP contribution in [0, 0.1) is 0 Å². The number of cyclic esters (lactones) is 1. The van der Waals surface area contributed by atoms with Crippen molar-refractivity contribution in [2.24, 2.45) is 0 Å². The Labute approximate surface area is 260 Å². The van der Waals surface area contributed by atoms with E-state index in [1.807, 2.05) is 0 Å². The van der Waals surface area contributed by atoms with Gasteiger partial charge >= 0.3 is 30.0 Å². The van der Waals surface area contributed by atoms with Gasteiger partial charge in [0, 0.05) is 17.5 Å². The number of benzene rings is 2. The first kappa shape index (κ1) is 33.3. The lowest BCUT2D eigenvalue weighted by Crippen LogP contribution is -2.56. The molecule has 2 aromatic rings. The first-order valence-corrected chi connectivity index (χ1v) is 14.0. The van der Waals surface area contributed by atoms with Gasteiger partial charge < -0.3 is 49.0 Å². The van der Waals surface area contributed by atoms with Gasteiger partial charge in [0.25, 0.3) is 5.79 Å². The van der Waals surface area contributed by atoms with Crippen LogP contribution < -0.4 is 9.47 Å². The van der Waals surface area contributed by atoms with Crippen molar-refractivity contribution in [3.63, 3.8) is 0 Å². The Morgan fingerprint density at radius 3 is 2.24 bits per heavy atom. The highest BCUT2D eigenvalue weighted by Crippen LogP contribution is 2.46. The fourth-order valence-corrected chi connectivity index (χ4v) is 5.34. The van der Waals surface area contributed by atoms with Crippen molar-refractivity contribution in [1.82, 2.24) is 4.90 Å². The predicted molar refractivity (Wildman–Crippen MR) is 150 cm³/mol. The molecule has 2 aliphatic heterocycles. The second kappa shape index (κ2) is 14.0. The van der Waals surface area contributed by atoms with E-state index in [0.29, 0.717) is 10.6 Å². The Hall–Kier alpha value is -4.60. The van der Waals surface area contributed by atoms with E-state index in [0.717, 1.165) is 0 Å². The fraction of sp³-hybridized carbons (Fsp3) is 0.414. The quantitative estimate of drug-likeness (QED) is 0.205. The van der Waals surface area contributed by atoms with Crippen molar-refractivity contribution >= 4 is 41.6 Å². The molecule has 0 aromatic heterocycles. The maximum Gasteiger partial charge on any atom is 0.410 e. The van der Waals surface area contributed by atoms with Crippen molar-refractivity contribution in [3.05, 3.63) is 58.6 Å². The van der Waals surface area contributed by atoms with Crippen LogP contribution in [0.1, 0.15) is 49.5 Å². The number of halogens is 1.